The van der Waals surface area contributed by atoms with Crippen LogP contribution >= 0.6 is 0 Å². The summed E-state index contributed by atoms with van der Waals surface area (Å²) in [5.41, 5.74) is 12.0. The molecule has 1 aliphatic carbocycles. The second-order valence-electron chi connectivity index (χ2n) is 16.5. The van der Waals surface area contributed by atoms with Gasteiger partial charge in [-0.05, 0) is 91.6 Å². The maximum absolute atomic E-state index is 6.09. The van der Waals surface area contributed by atoms with Gasteiger partial charge in [-0.25, -0.2) is 4.98 Å². The molecule has 4 heterocycles. The summed E-state index contributed by atoms with van der Waals surface area (Å²) in [6.45, 7) is 20.4. The Labute approximate surface area is 326 Å². The van der Waals surface area contributed by atoms with Gasteiger partial charge in [-0.2, -0.15) is 0 Å². The van der Waals surface area contributed by atoms with Crippen molar-refractivity contribution in [3.8, 4) is 22.5 Å². The molecule has 0 N–H and O–H groups in total. The van der Waals surface area contributed by atoms with Crippen molar-refractivity contribution in [1.29, 1.82) is 0 Å². The molecule has 0 aliphatic heterocycles. The van der Waals surface area contributed by atoms with Crippen molar-refractivity contribution >= 4 is 35.3 Å². The SMILES string of the molecule is CC(C)Cc1cc(-c2[c-]ccc(C3CCCCC3)c2)ncc1[Si](C)(C)C.Cc1ccc2c(n1)oc1c(-c3cc(CC(C)C)c(C)cn3)[c-]ccc12.[Ir]. The van der Waals surface area contributed by atoms with E-state index in [-0.39, 0.29) is 20.1 Å². The summed E-state index contributed by atoms with van der Waals surface area (Å²) < 4.78 is 6.09. The third-order valence-electron chi connectivity index (χ3n) is 10.1. The minimum atomic E-state index is -1.38. The number of pyridine rings is 3. The van der Waals surface area contributed by atoms with E-state index in [2.05, 4.69) is 119 Å². The zero-order valence-electron chi connectivity index (χ0n) is 32.6. The van der Waals surface area contributed by atoms with Gasteiger partial charge >= 0.3 is 0 Å². The van der Waals surface area contributed by atoms with Crippen LogP contribution in [0, 0.1) is 37.8 Å². The van der Waals surface area contributed by atoms with Crippen LogP contribution in [0.15, 0.2) is 71.4 Å². The molecule has 1 fully saturated rings. The summed E-state index contributed by atoms with van der Waals surface area (Å²) in [7, 11) is -1.38. The molecule has 7 rings (SSSR count). The van der Waals surface area contributed by atoms with E-state index in [1.54, 1.807) is 0 Å². The van der Waals surface area contributed by atoms with Crippen molar-refractivity contribution in [2.24, 2.45) is 11.8 Å². The molecule has 0 unspecified atom stereocenters. The molecule has 1 radical (unpaired) electrons. The Hall–Kier alpha value is -3.44. The summed E-state index contributed by atoms with van der Waals surface area (Å²) in [6, 6.07) is 26.1. The van der Waals surface area contributed by atoms with Crippen molar-refractivity contribution in [3.05, 3.63) is 107 Å². The van der Waals surface area contributed by atoms with Crippen molar-refractivity contribution in [2.45, 2.75) is 112 Å². The predicted octanol–water partition coefficient (Wildman–Crippen LogP) is 12.0. The average molecular weight is 886 g/mol. The zero-order chi connectivity index (χ0) is 36.3. The van der Waals surface area contributed by atoms with E-state index in [4.69, 9.17) is 9.40 Å². The molecule has 4 aromatic heterocycles. The number of aromatic nitrogens is 3. The van der Waals surface area contributed by atoms with Crippen LogP contribution in [0.4, 0.5) is 0 Å². The average Bonchev–Trinajstić information content (AvgIpc) is 3.47. The van der Waals surface area contributed by atoms with Gasteiger partial charge in [0.1, 0.15) is 0 Å². The van der Waals surface area contributed by atoms with Gasteiger partial charge in [-0.15, -0.1) is 53.6 Å². The van der Waals surface area contributed by atoms with Gasteiger partial charge in [-0.3, -0.25) is 0 Å². The second kappa shape index (κ2) is 17.1. The topological polar surface area (TPSA) is 51.8 Å². The van der Waals surface area contributed by atoms with Gasteiger partial charge < -0.3 is 14.4 Å². The first-order valence-corrected chi connectivity index (χ1v) is 22.5. The molecule has 0 saturated heterocycles. The monoisotopic (exact) mass is 886 g/mol. The first-order valence-electron chi connectivity index (χ1n) is 19.0. The van der Waals surface area contributed by atoms with Gasteiger partial charge in [0.05, 0.1) is 13.7 Å². The van der Waals surface area contributed by atoms with Crippen LogP contribution in [0.2, 0.25) is 19.6 Å². The molecule has 0 bridgehead atoms. The van der Waals surface area contributed by atoms with Crippen LogP contribution in [0.25, 0.3) is 44.6 Å². The second-order valence-corrected chi connectivity index (χ2v) is 21.6. The van der Waals surface area contributed by atoms with Gasteiger partial charge in [0, 0.05) is 43.6 Å². The summed E-state index contributed by atoms with van der Waals surface area (Å²) in [4.78, 5) is 14.0. The number of fused-ring (bicyclic) bond motifs is 3. The summed E-state index contributed by atoms with van der Waals surface area (Å²) >= 11 is 0. The fraction of sp³-hybridized carbons (Fsp3) is 0.413. The molecular formula is C46H55IrN3OSi-2. The fourth-order valence-corrected chi connectivity index (χ4v) is 9.11. The molecule has 6 aromatic rings. The Kier molecular flexibility index (Phi) is 13.1. The number of benzene rings is 2. The van der Waals surface area contributed by atoms with E-state index in [9.17, 15) is 0 Å². The fourth-order valence-electron chi connectivity index (χ4n) is 7.52. The van der Waals surface area contributed by atoms with Crippen LogP contribution in [0.5, 0.6) is 0 Å². The molecule has 4 nitrogen and oxygen atoms in total. The molecule has 1 aliphatic rings. The van der Waals surface area contributed by atoms with E-state index in [0.29, 0.717) is 17.5 Å². The quantitative estimate of drug-likeness (QED) is 0.113. The van der Waals surface area contributed by atoms with Crippen molar-refractivity contribution in [3.63, 3.8) is 0 Å². The van der Waals surface area contributed by atoms with Crippen molar-refractivity contribution in [1.82, 2.24) is 15.0 Å². The van der Waals surface area contributed by atoms with E-state index in [1.165, 1.54) is 65.1 Å². The Morgan fingerprint density at radius 3 is 2.15 bits per heavy atom. The van der Waals surface area contributed by atoms with Gasteiger partial charge in [-0.1, -0.05) is 101 Å². The molecule has 6 heteroatoms. The Balaban J connectivity index is 0.000000197. The summed E-state index contributed by atoms with van der Waals surface area (Å²) in [6.07, 6.45) is 13.1. The molecule has 0 spiro atoms. The number of hydrogen-bond acceptors (Lipinski definition) is 4. The number of aryl methyl sites for hydroxylation is 2. The summed E-state index contributed by atoms with van der Waals surface area (Å²) in [5.74, 6) is 2.00. The van der Waals surface area contributed by atoms with Gasteiger partial charge in [0.25, 0.3) is 0 Å². The third-order valence-corrected chi connectivity index (χ3v) is 12.2. The van der Waals surface area contributed by atoms with E-state index in [1.807, 2.05) is 31.3 Å². The van der Waals surface area contributed by atoms with Crippen molar-refractivity contribution < 1.29 is 24.5 Å². The van der Waals surface area contributed by atoms with Crippen molar-refractivity contribution in [2.75, 3.05) is 0 Å². The molecule has 2 aromatic carbocycles. The molecule has 1 saturated carbocycles. The Bertz CT molecular complexity index is 2120. The first-order chi connectivity index (χ1) is 24.4. The third kappa shape index (κ3) is 9.37. The van der Waals surface area contributed by atoms with Gasteiger partial charge in [0.15, 0.2) is 0 Å². The van der Waals surface area contributed by atoms with E-state index in [0.717, 1.165) is 57.8 Å². The minimum Gasteiger partial charge on any atom is -0.486 e. The van der Waals surface area contributed by atoms with Crippen LogP contribution in [0.1, 0.15) is 93.7 Å². The molecule has 0 amide bonds. The first kappa shape index (κ1) is 39.8. The molecule has 0 atom stereocenters. The van der Waals surface area contributed by atoms with Crippen LogP contribution < -0.4 is 5.19 Å². The smallest absolute Gasteiger partial charge is 0.216 e. The van der Waals surface area contributed by atoms with Crippen LogP contribution in [-0.4, -0.2) is 23.0 Å². The molecule has 275 valence electrons. The number of furan rings is 1. The Morgan fingerprint density at radius 2 is 1.44 bits per heavy atom. The number of hydrogen-bond donors (Lipinski definition) is 0. The molecular weight excluding hydrogens is 831 g/mol. The number of nitrogens with zero attached hydrogens (tertiary/aromatic N) is 3. The largest absolute Gasteiger partial charge is 0.486 e. The maximum Gasteiger partial charge on any atom is 0.216 e. The van der Waals surface area contributed by atoms with Gasteiger partial charge in [0.2, 0.25) is 5.71 Å². The van der Waals surface area contributed by atoms with Crippen LogP contribution in [-0.2, 0) is 32.9 Å². The van der Waals surface area contributed by atoms with E-state index < -0.39 is 8.07 Å². The molecule has 52 heavy (non-hydrogen) atoms. The minimum absolute atomic E-state index is 0. The van der Waals surface area contributed by atoms with E-state index >= 15 is 0 Å². The van der Waals surface area contributed by atoms with Crippen LogP contribution in [0.3, 0.4) is 0 Å². The normalized spacial score (nSPS) is 13.8. The Morgan fingerprint density at radius 1 is 0.769 bits per heavy atom. The standard InChI is InChI=1S/C24H34NSi.C22H21N2O.Ir/c1-18(2)14-22-16-23(25-17-24(22)26(3,4)5)21-13-9-12-20(15-21)19-10-7-6-8-11-19;1-13(2)10-16-11-20(23-12-14(16)3)19-7-5-6-17-18-9-8-15(4)24-22(18)25-21(17)19;/h9,12,15-19H,6-8,10-11,14H2,1-5H3;5-6,8-9,11-13H,10H2,1-4H3;/q2*-1;. The maximum atomic E-state index is 6.09. The zero-order valence-corrected chi connectivity index (χ0v) is 36.0. The number of rotatable bonds is 8. The summed E-state index contributed by atoms with van der Waals surface area (Å²) in [5, 5.41) is 3.60. The predicted molar refractivity (Wildman–Crippen MR) is 217 cm³/mol.